The fourth-order valence-corrected chi connectivity index (χ4v) is 2.23. The largest absolute Gasteiger partial charge is 0.493 e. The number of rotatable bonds is 6. The molecule has 4 nitrogen and oxygen atoms in total. The summed E-state index contributed by atoms with van der Waals surface area (Å²) < 4.78 is 17.3. The van der Waals surface area contributed by atoms with Gasteiger partial charge in [0.1, 0.15) is 25.0 Å². The van der Waals surface area contributed by atoms with Gasteiger partial charge in [-0.3, -0.25) is 0 Å². The maximum atomic E-state index is 8.97. The summed E-state index contributed by atoms with van der Waals surface area (Å²) in [5, 5.41) is 8.97. The molecule has 5 heteroatoms. The van der Waals surface area contributed by atoms with Gasteiger partial charge in [-0.1, -0.05) is 18.2 Å². The third kappa shape index (κ3) is 3.89. The lowest BCUT2D eigenvalue weighted by molar-refractivity contribution is 0.210. The Kier molecular flexibility index (Phi) is 5.47. The molecule has 0 saturated carbocycles. The normalized spacial score (nSPS) is 9.76. The van der Waals surface area contributed by atoms with Crippen LogP contribution in [0.2, 0.25) is 0 Å². The second-order valence-corrected chi connectivity index (χ2v) is 4.93. The molecule has 0 fully saturated rings. The van der Waals surface area contributed by atoms with Crippen molar-refractivity contribution >= 4 is 15.9 Å². The molecule has 0 heterocycles. The van der Waals surface area contributed by atoms with Gasteiger partial charge < -0.3 is 14.2 Å². The van der Waals surface area contributed by atoms with Crippen LogP contribution in [0.1, 0.15) is 5.56 Å². The molecule has 0 aromatic heterocycles. The molecular weight excluding hydrogens is 334 g/mol. The molecule has 0 bridgehead atoms. The number of methoxy groups -OCH3 is 1. The Labute approximate surface area is 132 Å². The first kappa shape index (κ1) is 15.2. The molecule has 0 spiro atoms. The van der Waals surface area contributed by atoms with Crippen LogP contribution in [0.5, 0.6) is 17.2 Å². The van der Waals surface area contributed by atoms with Crippen molar-refractivity contribution in [1.29, 1.82) is 5.26 Å². The number of nitriles is 1. The van der Waals surface area contributed by atoms with E-state index in [4.69, 9.17) is 19.5 Å². The molecular formula is C16H14BrNO3. The van der Waals surface area contributed by atoms with E-state index >= 15 is 0 Å². The van der Waals surface area contributed by atoms with E-state index in [1.54, 1.807) is 25.3 Å². The Balaban J connectivity index is 1.92. The lowest BCUT2D eigenvalue weighted by atomic mass is 10.2. The number of nitrogens with zero attached hydrogens (tertiary/aromatic N) is 1. The Bertz CT molecular complexity index is 652. The number of hydrogen-bond donors (Lipinski definition) is 0. The van der Waals surface area contributed by atoms with Crippen LogP contribution in [0.3, 0.4) is 0 Å². The molecule has 2 rings (SSSR count). The van der Waals surface area contributed by atoms with E-state index in [1.807, 2.05) is 24.3 Å². The zero-order valence-electron chi connectivity index (χ0n) is 11.5. The van der Waals surface area contributed by atoms with Gasteiger partial charge >= 0.3 is 0 Å². The zero-order chi connectivity index (χ0) is 15.1. The summed E-state index contributed by atoms with van der Waals surface area (Å²) in [5.74, 6) is 1.85. The summed E-state index contributed by atoms with van der Waals surface area (Å²) in [6.45, 7) is 0.682. The Hall–Kier alpha value is -2.19. The van der Waals surface area contributed by atoms with Crippen LogP contribution in [-0.4, -0.2) is 20.3 Å². The molecule has 0 aliphatic heterocycles. The molecule has 0 radical (unpaired) electrons. The van der Waals surface area contributed by atoms with Crippen LogP contribution in [0.25, 0.3) is 0 Å². The number of ether oxygens (including phenoxy) is 3. The minimum Gasteiger partial charge on any atom is -0.493 e. The van der Waals surface area contributed by atoms with Gasteiger partial charge in [0.15, 0.2) is 11.5 Å². The Morgan fingerprint density at radius 3 is 2.48 bits per heavy atom. The fourth-order valence-electron chi connectivity index (χ4n) is 1.77. The molecule has 0 amide bonds. The highest BCUT2D eigenvalue weighted by molar-refractivity contribution is 9.10. The van der Waals surface area contributed by atoms with Gasteiger partial charge in [0.2, 0.25) is 0 Å². The van der Waals surface area contributed by atoms with Crippen molar-refractivity contribution in [1.82, 2.24) is 0 Å². The van der Waals surface area contributed by atoms with Gasteiger partial charge in [0.25, 0.3) is 0 Å². The van der Waals surface area contributed by atoms with Gasteiger partial charge in [-0.25, -0.2) is 0 Å². The second kappa shape index (κ2) is 7.55. The van der Waals surface area contributed by atoms with Gasteiger partial charge in [-0.2, -0.15) is 5.26 Å². The summed E-state index contributed by atoms with van der Waals surface area (Å²) in [4.78, 5) is 0. The van der Waals surface area contributed by atoms with Crippen molar-refractivity contribution < 1.29 is 14.2 Å². The molecule has 0 saturated heterocycles. The van der Waals surface area contributed by atoms with E-state index in [-0.39, 0.29) is 0 Å². The molecule has 0 N–H and O–H groups in total. The van der Waals surface area contributed by atoms with Crippen molar-refractivity contribution in [2.45, 2.75) is 0 Å². The van der Waals surface area contributed by atoms with Crippen LogP contribution in [0.4, 0.5) is 0 Å². The fraction of sp³-hybridized carbons (Fsp3) is 0.188. The van der Waals surface area contributed by atoms with E-state index in [1.165, 1.54) is 0 Å². The third-order valence-corrected chi connectivity index (χ3v) is 3.37. The van der Waals surface area contributed by atoms with E-state index < -0.39 is 0 Å². The minimum atomic E-state index is 0.336. The van der Waals surface area contributed by atoms with E-state index in [0.717, 1.165) is 4.47 Å². The lowest BCUT2D eigenvalue weighted by Gasteiger charge is -2.13. The van der Waals surface area contributed by atoms with Crippen LogP contribution in [0, 0.1) is 11.3 Å². The molecule has 2 aromatic carbocycles. The molecule has 0 aliphatic rings. The quantitative estimate of drug-likeness (QED) is 0.746. The van der Waals surface area contributed by atoms with Crippen molar-refractivity contribution in [3.05, 3.63) is 52.5 Å². The molecule has 0 unspecified atom stereocenters. The van der Waals surface area contributed by atoms with Gasteiger partial charge in [-0.05, 0) is 40.2 Å². The van der Waals surface area contributed by atoms with Crippen LogP contribution in [-0.2, 0) is 0 Å². The van der Waals surface area contributed by atoms with E-state index in [9.17, 15) is 0 Å². The minimum absolute atomic E-state index is 0.336. The molecule has 108 valence electrons. The van der Waals surface area contributed by atoms with Gasteiger partial charge in [0, 0.05) is 0 Å². The highest BCUT2D eigenvalue weighted by Gasteiger charge is 2.08. The van der Waals surface area contributed by atoms with Crippen molar-refractivity contribution in [3.63, 3.8) is 0 Å². The predicted molar refractivity (Wildman–Crippen MR) is 82.8 cm³/mol. The third-order valence-electron chi connectivity index (χ3n) is 2.75. The second-order valence-electron chi connectivity index (χ2n) is 4.08. The number of halogens is 1. The molecule has 21 heavy (non-hydrogen) atoms. The smallest absolute Gasteiger partial charge is 0.175 e. The SMILES string of the molecule is COc1cccc(Br)c1OCCOc1ccccc1C#N. The molecule has 0 atom stereocenters. The van der Waals surface area contributed by atoms with E-state index in [0.29, 0.717) is 36.0 Å². The highest BCUT2D eigenvalue weighted by Crippen LogP contribution is 2.34. The summed E-state index contributed by atoms with van der Waals surface area (Å²) >= 11 is 3.42. The molecule has 0 aliphatic carbocycles. The van der Waals surface area contributed by atoms with Crippen LogP contribution < -0.4 is 14.2 Å². The van der Waals surface area contributed by atoms with Gasteiger partial charge in [0.05, 0.1) is 17.1 Å². The van der Waals surface area contributed by atoms with Crippen molar-refractivity contribution in [2.24, 2.45) is 0 Å². The Morgan fingerprint density at radius 2 is 1.71 bits per heavy atom. The average Bonchev–Trinajstić information content (AvgIpc) is 2.52. The summed E-state index contributed by atoms with van der Waals surface area (Å²) in [6, 6.07) is 14.8. The van der Waals surface area contributed by atoms with Gasteiger partial charge in [-0.15, -0.1) is 0 Å². The number of benzene rings is 2. The zero-order valence-corrected chi connectivity index (χ0v) is 13.1. The summed E-state index contributed by atoms with van der Waals surface area (Å²) in [5.41, 5.74) is 0.510. The number of para-hydroxylation sites is 2. The first-order chi connectivity index (χ1) is 10.3. The first-order valence-corrected chi connectivity index (χ1v) is 7.12. The van der Waals surface area contributed by atoms with Crippen molar-refractivity contribution in [2.75, 3.05) is 20.3 Å². The monoisotopic (exact) mass is 347 g/mol. The van der Waals surface area contributed by atoms with E-state index in [2.05, 4.69) is 22.0 Å². The maximum Gasteiger partial charge on any atom is 0.175 e. The topological polar surface area (TPSA) is 51.5 Å². The van der Waals surface area contributed by atoms with Crippen LogP contribution >= 0.6 is 15.9 Å². The Morgan fingerprint density at radius 1 is 1.00 bits per heavy atom. The number of hydrogen-bond acceptors (Lipinski definition) is 4. The standard InChI is InChI=1S/C16H14BrNO3/c1-19-15-8-4-6-13(17)16(15)21-10-9-20-14-7-3-2-5-12(14)11-18/h2-8H,9-10H2,1H3. The lowest BCUT2D eigenvalue weighted by Crippen LogP contribution is -2.10. The first-order valence-electron chi connectivity index (χ1n) is 6.33. The predicted octanol–water partition coefficient (Wildman–Crippen LogP) is 3.79. The summed E-state index contributed by atoms with van der Waals surface area (Å²) in [7, 11) is 1.59. The maximum absolute atomic E-state index is 8.97. The summed E-state index contributed by atoms with van der Waals surface area (Å²) in [6.07, 6.45) is 0. The molecule has 2 aromatic rings. The van der Waals surface area contributed by atoms with Crippen molar-refractivity contribution in [3.8, 4) is 23.3 Å². The average molecular weight is 348 g/mol. The van der Waals surface area contributed by atoms with Crippen LogP contribution in [0.15, 0.2) is 46.9 Å². The highest BCUT2D eigenvalue weighted by atomic mass is 79.9.